The first kappa shape index (κ1) is 56.9. The van der Waals surface area contributed by atoms with Crippen LogP contribution in [0.3, 0.4) is 0 Å². The maximum Gasteiger partial charge on any atom is 0.330 e. The molecule has 1 spiro atoms. The van der Waals surface area contributed by atoms with E-state index >= 15 is 0 Å². The van der Waals surface area contributed by atoms with Crippen molar-refractivity contribution in [1.82, 2.24) is 25.2 Å². The highest BCUT2D eigenvalue weighted by molar-refractivity contribution is 5.92. The minimum Gasteiger partial charge on any atom is -0.458 e. The first-order chi connectivity index (χ1) is 31.9. The molecule has 2 fully saturated rings. The van der Waals surface area contributed by atoms with Crippen LogP contribution in [-0.2, 0) is 28.6 Å². The summed E-state index contributed by atoms with van der Waals surface area (Å²) in [5.74, 6) is -7.95. The smallest absolute Gasteiger partial charge is 0.330 e. The number of aliphatic hydroxyl groups excluding tert-OH is 3. The fourth-order valence-corrected chi connectivity index (χ4v) is 10.2. The molecular formula is C52H85N5O11. The van der Waals surface area contributed by atoms with E-state index < -0.39 is 82.9 Å². The molecular weight excluding hydrogens is 871 g/mol. The van der Waals surface area contributed by atoms with E-state index in [1.165, 1.54) is 39.8 Å². The van der Waals surface area contributed by atoms with Crippen LogP contribution in [0.2, 0.25) is 0 Å². The molecule has 2 saturated heterocycles. The van der Waals surface area contributed by atoms with E-state index in [1.807, 2.05) is 58.0 Å². The third-order valence-electron chi connectivity index (χ3n) is 15.5. The number of hydrogen-bond donors (Lipinski definition) is 5. The highest BCUT2D eigenvalue weighted by atomic mass is 16.7. The number of aromatic nitrogens is 3. The Hall–Kier alpha value is -3.64. The summed E-state index contributed by atoms with van der Waals surface area (Å²) in [6.45, 7) is 20.6. The predicted molar refractivity (Wildman–Crippen MR) is 259 cm³/mol. The fourth-order valence-electron chi connectivity index (χ4n) is 10.2. The van der Waals surface area contributed by atoms with Gasteiger partial charge in [-0.3, -0.25) is 14.4 Å². The van der Waals surface area contributed by atoms with Crippen LogP contribution >= 0.6 is 0 Å². The molecule has 4 heterocycles. The number of rotatable bonds is 8. The zero-order valence-electron chi connectivity index (χ0n) is 43.1. The minimum absolute atomic E-state index is 0.164. The van der Waals surface area contributed by atoms with Crippen LogP contribution in [0, 0.1) is 53.3 Å². The second-order valence-corrected chi connectivity index (χ2v) is 21.1. The second kappa shape index (κ2) is 25.0. The number of esters is 1. The molecule has 384 valence electrons. The standard InChI is InChI=1S/C52H85N5O11/c1-14-39-19-17-15-16-18-32(4)48(62)51(11,65)49(63)37(9)46(61)36(8)45(60)35(7)44(59)31(3)20-23-43(58)66-47-34(6)41(22-21-39)67-52(38(47)10)25-24-30(2)42(68-52)28-33(5)57-29-40(54-55-57)50(64)53-26-27-56(12)13/h15-17,19-20,23,29-39,41-42,44,46-48,59,61-62,65H,14,18,21-22,24-28H2,1-13H3,(H,53,64)/b16-15+,19-17+,23-20+/t30-,31-,32+,33-,34+,35-,36-,37-,38-,39-,41-,42-,44+,46+,47+,48-,51+,52-/m0/s1. The van der Waals surface area contributed by atoms with Crippen LogP contribution in [0.5, 0.6) is 0 Å². The maximum absolute atomic E-state index is 13.8. The normalized spacial score (nSPS) is 40.6. The van der Waals surface area contributed by atoms with Crippen molar-refractivity contribution in [2.24, 2.45) is 53.3 Å². The molecule has 4 rings (SSSR count). The average molecular weight is 956 g/mol. The molecule has 0 aliphatic carbocycles. The summed E-state index contributed by atoms with van der Waals surface area (Å²) in [4.78, 5) is 55.8. The van der Waals surface area contributed by atoms with Gasteiger partial charge in [0.05, 0.1) is 42.8 Å². The summed E-state index contributed by atoms with van der Waals surface area (Å²) >= 11 is 0. The SMILES string of the molecule is CC[C@H]1/C=C/C=C/C[C@@H](C)[C@H](O)[C@@](C)(O)C(=O)[C@@H](C)[C@H](O)[C@@H](C)C(=O)[C@@H](C)[C@H](O)[C@@H](C)/C=C/C(=O)O[C@@H]2[C@H](C)[C@H](CC1)O[C@]1(CC[C@H](C)[C@H](C[C@H](C)n3cc(C(=O)NCCN(C)C)nn3)O1)[C@H]2C. The lowest BCUT2D eigenvalue weighted by molar-refractivity contribution is -0.370. The first-order valence-electron chi connectivity index (χ1n) is 25.1. The molecule has 5 N–H and O–H groups in total. The van der Waals surface area contributed by atoms with Crippen LogP contribution in [0.25, 0.3) is 0 Å². The van der Waals surface area contributed by atoms with Gasteiger partial charge in [0.1, 0.15) is 17.5 Å². The van der Waals surface area contributed by atoms with Gasteiger partial charge in [-0.25, -0.2) is 9.48 Å². The molecule has 16 heteroatoms. The molecule has 3 aliphatic rings. The molecule has 3 aliphatic heterocycles. The topological polar surface area (TPSA) is 223 Å². The number of hydrogen-bond acceptors (Lipinski definition) is 14. The quantitative estimate of drug-likeness (QED) is 0.199. The zero-order valence-corrected chi connectivity index (χ0v) is 43.1. The van der Waals surface area contributed by atoms with E-state index in [9.17, 15) is 39.6 Å². The molecule has 18 atom stereocenters. The third kappa shape index (κ3) is 14.0. The molecule has 1 amide bonds. The summed E-state index contributed by atoms with van der Waals surface area (Å²) in [5.41, 5.74) is -1.96. The Labute approximate surface area is 405 Å². The lowest BCUT2D eigenvalue weighted by atomic mass is 9.74. The maximum atomic E-state index is 13.8. The number of nitrogens with zero attached hydrogens (tertiary/aromatic N) is 4. The molecule has 0 saturated carbocycles. The molecule has 0 unspecified atom stereocenters. The Morgan fingerprint density at radius 1 is 0.926 bits per heavy atom. The third-order valence-corrected chi connectivity index (χ3v) is 15.5. The largest absolute Gasteiger partial charge is 0.458 e. The molecule has 0 aromatic carbocycles. The van der Waals surface area contributed by atoms with Crippen molar-refractivity contribution < 1.29 is 53.8 Å². The van der Waals surface area contributed by atoms with Gasteiger partial charge in [0, 0.05) is 61.1 Å². The predicted octanol–water partition coefficient (Wildman–Crippen LogP) is 5.65. The van der Waals surface area contributed by atoms with Gasteiger partial charge < -0.3 is 44.9 Å². The molecule has 16 nitrogen and oxygen atoms in total. The Balaban J connectivity index is 1.63. The molecule has 68 heavy (non-hydrogen) atoms. The minimum atomic E-state index is -2.20. The van der Waals surface area contributed by atoms with Gasteiger partial charge in [-0.15, -0.1) is 5.10 Å². The van der Waals surface area contributed by atoms with Crippen LogP contribution in [0.15, 0.2) is 42.7 Å². The van der Waals surface area contributed by atoms with Crippen molar-refractivity contribution in [3.63, 3.8) is 0 Å². The summed E-state index contributed by atoms with van der Waals surface area (Å²) in [7, 11) is 3.88. The van der Waals surface area contributed by atoms with E-state index in [2.05, 4.69) is 35.6 Å². The molecule has 1 aromatic rings. The van der Waals surface area contributed by atoms with Crippen molar-refractivity contribution in [3.8, 4) is 0 Å². The number of ketones is 2. The Bertz CT molecular complexity index is 1920. The number of likely N-dealkylation sites (N-methyl/N-ethyl adjacent to an activating group) is 1. The van der Waals surface area contributed by atoms with Crippen molar-refractivity contribution in [2.75, 3.05) is 27.2 Å². The van der Waals surface area contributed by atoms with Crippen LogP contribution < -0.4 is 5.32 Å². The van der Waals surface area contributed by atoms with E-state index in [0.717, 1.165) is 19.3 Å². The number of fused-ring (bicyclic) bond motifs is 2. The summed E-state index contributed by atoms with van der Waals surface area (Å²) in [6, 6.07) is -0.164. The van der Waals surface area contributed by atoms with Gasteiger partial charge in [-0.2, -0.15) is 0 Å². The van der Waals surface area contributed by atoms with Crippen LogP contribution in [0.4, 0.5) is 0 Å². The number of allylic oxidation sites excluding steroid dienone is 4. The average Bonchev–Trinajstić information content (AvgIpc) is 3.81. The number of Topliss-reactive ketones (excluding diaryl/α,β-unsaturated/α-hetero) is 2. The Morgan fingerprint density at radius 3 is 2.26 bits per heavy atom. The van der Waals surface area contributed by atoms with Crippen molar-refractivity contribution in [3.05, 3.63) is 48.3 Å². The second-order valence-electron chi connectivity index (χ2n) is 21.1. The fraction of sp³-hybridized carbons (Fsp3) is 0.769. The first-order valence-corrected chi connectivity index (χ1v) is 25.1. The van der Waals surface area contributed by atoms with Crippen LogP contribution in [-0.4, -0.2) is 139 Å². The Kier molecular flexibility index (Phi) is 20.9. The van der Waals surface area contributed by atoms with Gasteiger partial charge in [0.25, 0.3) is 5.91 Å². The van der Waals surface area contributed by atoms with E-state index in [-0.39, 0.29) is 53.5 Å². The summed E-state index contributed by atoms with van der Waals surface area (Å²) < 4.78 is 22.3. The van der Waals surface area contributed by atoms with Crippen molar-refractivity contribution in [1.29, 1.82) is 0 Å². The number of aliphatic hydroxyl groups is 4. The van der Waals surface area contributed by atoms with Gasteiger partial charge in [0.2, 0.25) is 0 Å². The molecule has 0 radical (unpaired) electrons. The van der Waals surface area contributed by atoms with Crippen LogP contribution in [0.1, 0.15) is 138 Å². The highest BCUT2D eigenvalue weighted by Crippen LogP contribution is 2.49. The van der Waals surface area contributed by atoms with E-state index in [1.54, 1.807) is 24.7 Å². The number of carbonyl (C=O) groups is 4. The summed E-state index contributed by atoms with van der Waals surface area (Å²) in [6.07, 6.45) is 11.6. The number of ether oxygens (including phenoxy) is 3. The highest BCUT2D eigenvalue weighted by Gasteiger charge is 2.56. The summed E-state index contributed by atoms with van der Waals surface area (Å²) in [5, 5.41) is 56.5. The van der Waals surface area contributed by atoms with Crippen molar-refractivity contribution >= 4 is 23.4 Å². The van der Waals surface area contributed by atoms with Gasteiger partial charge >= 0.3 is 5.97 Å². The lowest BCUT2D eigenvalue weighted by Gasteiger charge is -2.55. The number of amides is 1. The van der Waals surface area contributed by atoms with E-state index in [0.29, 0.717) is 38.8 Å². The molecule has 1 aromatic heterocycles. The lowest BCUT2D eigenvalue weighted by Crippen LogP contribution is -2.62. The van der Waals surface area contributed by atoms with Gasteiger partial charge in [-0.05, 0) is 84.2 Å². The number of nitrogens with one attached hydrogen (secondary N) is 1. The molecule has 2 bridgehead atoms. The zero-order chi connectivity index (χ0) is 50.8. The Morgan fingerprint density at radius 2 is 1.60 bits per heavy atom. The van der Waals surface area contributed by atoms with Gasteiger partial charge in [0.15, 0.2) is 17.3 Å². The van der Waals surface area contributed by atoms with Crippen molar-refractivity contribution in [2.45, 2.75) is 175 Å². The number of carbonyl (C=O) groups excluding carboxylic acids is 4. The monoisotopic (exact) mass is 956 g/mol. The van der Waals surface area contributed by atoms with Gasteiger partial charge in [-0.1, -0.05) is 97.9 Å². The van der Waals surface area contributed by atoms with E-state index in [4.69, 9.17) is 14.2 Å².